The molecule has 8 heteroatoms. The van der Waals surface area contributed by atoms with Gasteiger partial charge in [0.1, 0.15) is 0 Å². The van der Waals surface area contributed by atoms with E-state index in [-0.39, 0.29) is 17.7 Å². The van der Waals surface area contributed by atoms with Crippen LogP contribution in [-0.4, -0.2) is 60.2 Å². The molecule has 0 radical (unpaired) electrons. The highest BCUT2D eigenvalue weighted by Crippen LogP contribution is 2.20. The first kappa shape index (κ1) is 23.7. The SMILES string of the molecule is Cc1cccc(C)c1NC(=O)CN1CCN(C(=O)c2cccc(NC(=O)c3cccs3)c2)CC1. The molecule has 1 aliphatic heterocycles. The summed E-state index contributed by atoms with van der Waals surface area (Å²) in [5.41, 5.74) is 4.07. The zero-order valence-electron chi connectivity index (χ0n) is 19.3. The maximum absolute atomic E-state index is 13.0. The minimum Gasteiger partial charge on any atom is -0.336 e. The van der Waals surface area contributed by atoms with Crippen molar-refractivity contribution in [1.29, 1.82) is 0 Å². The molecule has 1 saturated heterocycles. The highest BCUT2D eigenvalue weighted by atomic mass is 32.1. The van der Waals surface area contributed by atoms with Crippen LogP contribution in [0.3, 0.4) is 0 Å². The number of hydrogen-bond donors (Lipinski definition) is 2. The second kappa shape index (κ2) is 10.6. The molecular weight excluding hydrogens is 448 g/mol. The number of hydrogen-bond acceptors (Lipinski definition) is 5. The highest BCUT2D eigenvalue weighted by Gasteiger charge is 2.24. The third-order valence-electron chi connectivity index (χ3n) is 5.88. The van der Waals surface area contributed by atoms with E-state index in [1.165, 1.54) is 11.3 Å². The predicted octanol–water partition coefficient (Wildman–Crippen LogP) is 4.01. The van der Waals surface area contributed by atoms with Crippen molar-refractivity contribution in [1.82, 2.24) is 9.80 Å². The summed E-state index contributed by atoms with van der Waals surface area (Å²) in [6.07, 6.45) is 0. The van der Waals surface area contributed by atoms with Crippen LogP contribution in [0.5, 0.6) is 0 Å². The molecular formula is C26H28N4O3S. The van der Waals surface area contributed by atoms with Crippen molar-refractivity contribution in [2.45, 2.75) is 13.8 Å². The molecule has 1 fully saturated rings. The van der Waals surface area contributed by atoms with Gasteiger partial charge >= 0.3 is 0 Å². The molecule has 0 atom stereocenters. The summed E-state index contributed by atoms with van der Waals surface area (Å²) in [6.45, 7) is 6.59. The fourth-order valence-corrected chi connectivity index (χ4v) is 4.63. The summed E-state index contributed by atoms with van der Waals surface area (Å²) in [5.74, 6) is -0.314. The van der Waals surface area contributed by atoms with Crippen molar-refractivity contribution < 1.29 is 14.4 Å². The monoisotopic (exact) mass is 476 g/mol. The van der Waals surface area contributed by atoms with Crippen molar-refractivity contribution >= 4 is 40.4 Å². The van der Waals surface area contributed by atoms with Crippen LogP contribution in [0, 0.1) is 13.8 Å². The Morgan fingerprint density at radius 1 is 0.882 bits per heavy atom. The molecule has 3 aromatic rings. The third-order valence-corrected chi connectivity index (χ3v) is 6.75. The summed E-state index contributed by atoms with van der Waals surface area (Å²) < 4.78 is 0. The minimum absolute atomic E-state index is 0.0497. The molecule has 2 aromatic carbocycles. The maximum atomic E-state index is 13.0. The Labute approximate surface area is 203 Å². The third kappa shape index (κ3) is 5.70. The van der Waals surface area contributed by atoms with E-state index in [1.54, 1.807) is 35.2 Å². The number of rotatable bonds is 6. The Morgan fingerprint density at radius 3 is 2.26 bits per heavy atom. The van der Waals surface area contributed by atoms with Crippen LogP contribution in [0.4, 0.5) is 11.4 Å². The van der Waals surface area contributed by atoms with E-state index in [2.05, 4.69) is 15.5 Å². The molecule has 0 spiro atoms. The molecule has 3 amide bonds. The van der Waals surface area contributed by atoms with Gasteiger partial charge < -0.3 is 15.5 Å². The van der Waals surface area contributed by atoms with Gasteiger partial charge in [0.15, 0.2) is 0 Å². The number of carbonyl (C=O) groups is 3. The van der Waals surface area contributed by atoms with E-state index < -0.39 is 0 Å². The Kier molecular flexibility index (Phi) is 7.40. The van der Waals surface area contributed by atoms with E-state index in [9.17, 15) is 14.4 Å². The minimum atomic E-state index is -0.188. The fourth-order valence-electron chi connectivity index (χ4n) is 4.02. The Bertz CT molecular complexity index is 1160. The molecule has 1 aromatic heterocycles. The van der Waals surface area contributed by atoms with Crippen LogP contribution >= 0.6 is 11.3 Å². The second-order valence-electron chi connectivity index (χ2n) is 8.40. The summed E-state index contributed by atoms with van der Waals surface area (Å²) >= 11 is 1.37. The number of carbonyl (C=O) groups excluding carboxylic acids is 3. The first-order chi connectivity index (χ1) is 16.4. The van der Waals surface area contributed by atoms with Gasteiger partial charge in [0.25, 0.3) is 11.8 Å². The summed E-state index contributed by atoms with van der Waals surface area (Å²) in [7, 11) is 0. The molecule has 0 saturated carbocycles. The number of nitrogens with one attached hydrogen (secondary N) is 2. The molecule has 34 heavy (non-hydrogen) atoms. The highest BCUT2D eigenvalue weighted by molar-refractivity contribution is 7.12. The van der Waals surface area contributed by atoms with Crippen molar-refractivity contribution in [3.8, 4) is 0 Å². The lowest BCUT2D eigenvalue weighted by molar-refractivity contribution is -0.117. The van der Waals surface area contributed by atoms with Gasteiger partial charge in [-0.15, -0.1) is 11.3 Å². The molecule has 1 aliphatic rings. The van der Waals surface area contributed by atoms with Gasteiger partial charge in [-0.05, 0) is 54.6 Å². The zero-order chi connectivity index (χ0) is 24.1. The topological polar surface area (TPSA) is 81.8 Å². The van der Waals surface area contributed by atoms with E-state index in [0.717, 1.165) is 16.8 Å². The van der Waals surface area contributed by atoms with Gasteiger partial charge in [0.2, 0.25) is 5.91 Å². The Morgan fingerprint density at radius 2 is 1.59 bits per heavy atom. The number of anilines is 2. The lowest BCUT2D eigenvalue weighted by Gasteiger charge is -2.34. The van der Waals surface area contributed by atoms with E-state index in [1.807, 2.05) is 43.5 Å². The molecule has 7 nitrogen and oxygen atoms in total. The quantitative estimate of drug-likeness (QED) is 0.563. The molecule has 176 valence electrons. The number of amides is 3. The zero-order valence-corrected chi connectivity index (χ0v) is 20.2. The lowest BCUT2D eigenvalue weighted by atomic mass is 10.1. The van der Waals surface area contributed by atoms with Gasteiger partial charge in [-0.25, -0.2) is 0 Å². The summed E-state index contributed by atoms with van der Waals surface area (Å²) in [4.78, 5) is 42.4. The average molecular weight is 477 g/mol. The molecule has 0 unspecified atom stereocenters. The Hall–Kier alpha value is -3.49. The number of para-hydroxylation sites is 1. The molecule has 0 aliphatic carbocycles. The van der Waals surface area contributed by atoms with E-state index in [0.29, 0.717) is 48.9 Å². The predicted molar refractivity (Wildman–Crippen MR) is 136 cm³/mol. The summed E-state index contributed by atoms with van der Waals surface area (Å²) in [5, 5.41) is 7.72. The van der Waals surface area contributed by atoms with Crippen molar-refractivity contribution in [2.75, 3.05) is 43.4 Å². The number of aryl methyl sites for hydroxylation is 2. The maximum Gasteiger partial charge on any atom is 0.265 e. The second-order valence-corrected chi connectivity index (χ2v) is 9.34. The van der Waals surface area contributed by atoms with Gasteiger partial charge in [0.05, 0.1) is 11.4 Å². The molecule has 2 heterocycles. The number of nitrogens with zero attached hydrogens (tertiary/aromatic N) is 2. The standard InChI is InChI=1S/C26H28N4O3S/c1-18-6-3-7-19(2)24(18)28-23(31)17-29-11-13-30(14-12-29)26(33)20-8-4-9-21(16-20)27-25(32)22-10-5-15-34-22/h3-10,15-16H,11-14,17H2,1-2H3,(H,27,32)(H,28,31). The van der Waals surface area contributed by atoms with Gasteiger partial charge in [-0.3, -0.25) is 19.3 Å². The van der Waals surface area contributed by atoms with Crippen LogP contribution < -0.4 is 10.6 Å². The largest absolute Gasteiger partial charge is 0.336 e. The van der Waals surface area contributed by atoms with Gasteiger partial charge in [-0.2, -0.15) is 0 Å². The molecule has 0 bridgehead atoms. The normalized spacial score (nSPS) is 14.0. The van der Waals surface area contributed by atoms with Crippen molar-refractivity contribution in [3.63, 3.8) is 0 Å². The smallest absolute Gasteiger partial charge is 0.265 e. The number of benzene rings is 2. The van der Waals surface area contributed by atoms with Crippen molar-refractivity contribution in [3.05, 3.63) is 81.5 Å². The number of thiophene rings is 1. The van der Waals surface area contributed by atoms with E-state index in [4.69, 9.17) is 0 Å². The number of piperazine rings is 1. The van der Waals surface area contributed by atoms with E-state index >= 15 is 0 Å². The van der Waals surface area contributed by atoms with Crippen LogP contribution in [0.2, 0.25) is 0 Å². The van der Waals surface area contributed by atoms with Gasteiger partial charge in [0, 0.05) is 43.1 Å². The Balaban J connectivity index is 1.29. The first-order valence-corrected chi connectivity index (χ1v) is 12.1. The average Bonchev–Trinajstić information content (AvgIpc) is 3.37. The fraction of sp³-hybridized carbons (Fsp3) is 0.269. The van der Waals surface area contributed by atoms with Crippen LogP contribution in [0.1, 0.15) is 31.2 Å². The molecule has 2 N–H and O–H groups in total. The van der Waals surface area contributed by atoms with Gasteiger partial charge in [-0.1, -0.05) is 30.3 Å². The van der Waals surface area contributed by atoms with Crippen LogP contribution in [-0.2, 0) is 4.79 Å². The van der Waals surface area contributed by atoms with Crippen LogP contribution in [0.15, 0.2) is 60.0 Å². The van der Waals surface area contributed by atoms with Crippen LogP contribution in [0.25, 0.3) is 0 Å². The molecule has 4 rings (SSSR count). The summed E-state index contributed by atoms with van der Waals surface area (Å²) in [6, 6.07) is 16.5. The lowest BCUT2D eigenvalue weighted by Crippen LogP contribution is -2.50. The first-order valence-electron chi connectivity index (χ1n) is 11.2. The van der Waals surface area contributed by atoms with Crippen molar-refractivity contribution in [2.24, 2.45) is 0 Å².